The molecule has 0 bridgehead atoms. The molecular weight excluding hydrogens is 404 g/mol. The summed E-state index contributed by atoms with van der Waals surface area (Å²) in [6, 6.07) is 9.79. The number of anilines is 1. The standard InChI is InChI=1S/C23H26N8O/c1-14-12-31(30-29-14)13-22(32)26-19(9-16-11-25-18-6-4-3-5-17(16)18)20-10-21(24-2)28-23(27-20)15-7-8-15/h3-6,10-12,15,19,25H,7-9,13H2,1-2H3,(H,26,32)(H,24,27,28)/t19-/m1/s1. The minimum Gasteiger partial charge on any atom is -0.373 e. The van der Waals surface area contributed by atoms with E-state index in [4.69, 9.17) is 4.98 Å². The quantitative estimate of drug-likeness (QED) is 0.396. The van der Waals surface area contributed by atoms with Crippen LogP contribution in [-0.2, 0) is 17.8 Å². The molecular formula is C23H26N8O. The van der Waals surface area contributed by atoms with Gasteiger partial charge in [-0.3, -0.25) is 4.79 Å². The van der Waals surface area contributed by atoms with E-state index in [-0.39, 0.29) is 18.5 Å². The van der Waals surface area contributed by atoms with Gasteiger partial charge in [0.15, 0.2) is 0 Å². The van der Waals surface area contributed by atoms with Crippen molar-refractivity contribution in [3.05, 3.63) is 65.5 Å². The summed E-state index contributed by atoms with van der Waals surface area (Å²) in [5.41, 5.74) is 3.78. The Bertz CT molecular complexity index is 1260. The summed E-state index contributed by atoms with van der Waals surface area (Å²) in [5, 5.41) is 15.4. The Hall–Kier alpha value is -3.75. The van der Waals surface area contributed by atoms with E-state index in [1.807, 2.05) is 38.4 Å². The number of para-hydroxylation sites is 1. The normalized spacial score (nSPS) is 14.4. The van der Waals surface area contributed by atoms with Crippen molar-refractivity contribution in [3.8, 4) is 0 Å². The Morgan fingerprint density at radius 1 is 1.28 bits per heavy atom. The number of hydrogen-bond acceptors (Lipinski definition) is 6. The second-order valence-corrected chi connectivity index (χ2v) is 8.30. The molecule has 1 atom stereocenters. The summed E-state index contributed by atoms with van der Waals surface area (Å²) in [7, 11) is 1.85. The van der Waals surface area contributed by atoms with E-state index in [0.29, 0.717) is 12.3 Å². The molecule has 1 saturated carbocycles. The third kappa shape index (κ3) is 4.32. The van der Waals surface area contributed by atoms with E-state index in [2.05, 4.69) is 43.0 Å². The van der Waals surface area contributed by atoms with Crippen molar-refractivity contribution >= 4 is 22.6 Å². The number of hydrogen-bond donors (Lipinski definition) is 3. The number of nitrogens with one attached hydrogen (secondary N) is 3. The third-order valence-electron chi connectivity index (χ3n) is 5.71. The maximum Gasteiger partial charge on any atom is 0.242 e. The fraction of sp³-hybridized carbons (Fsp3) is 0.348. The van der Waals surface area contributed by atoms with Crippen LogP contribution in [0.3, 0.4) is 0 Å². The van der Waals surface area contributed by atoms with E-state index >= 15 is 0 Å². The van der Waals surface area contributed by atoms with Gasteiger partial charge in [0.1, 0.15) is 18.2 Å². The van der Waals surface area contributed by atoms with Gasteiger partial charge in [-0.15, -0.1) is 5.10 Å². The Balaban J connectivity index is 1.46. The van der Waals surface area contributed by atoms with Gasteiger partial charge in [-0.1, -0.05) is 23.4 Å². The summed E-state index contributed by atoms with van der Waals surface area (Å²) in [6.07, 6.45) is 6.59. The van der Waals surface area contributed by atoms with Gasteiger partial charge < -0.3 is 15.6 Å². The summed E-state index contributed by atoms with van der Waals surface area (Å²) < 4.78 is 1.54. The van der Waals surface area contributed by atoms with Gasteiger partial charge in [0.2, 0.25) is 5.91 Å². The van der Waals surface area contributed by atoms with E-state index in [0.717, 1.165) is 52.3 Å². The SMILES string of the molecule is CNc1cc([C@@H](Cc2c[nH]c3ccccc23)NC(=O)Cn2cc(C)nn2)nc(C2CC2)n1. The van der Waals surface area contributed by atoms with Gasteiger partial charge >= 0.3 is 0 Å². The maximum absolute atomic E-state index is 12.9. The molecule has 4 aromatic rings. The number of carbonyl (C=O) groups excluding carboxylic acids is 1. The van der Waals surface area contributed by atoms with E-state index in [1.54, 1.807) is 10.9 Å². The number of aryl methyl sites for hydroxylation is 1. The number of rotatable bonds is 8. The van der Waals surface area contributed by atoms with Gasteiger partial charge in [0.25, 0.3) is 0 Å². The summed E-state index contributed by atoms with van der Waals surface area (Å²) in [5.74, 6) is 1.88. The lowest BCUT2D eigenvalue weighted by Gasteiger charge is -2.20. The Kier molecular flexibility index (Phi) is 5.30. The molecule has 3 aromatic heterocycles. The lowest BCUT2D eigenvalue weighted by molar-refractivity contribution is -0.122. The van der Waals surface area contributed by atoms with Crippen molar-refractivity contribution in [3.63, 3.8) is 0 Å². The molecule has 0 radical (unpaired) electrons. The molecule has 1 amide bonds. The van der Waals surface area contributed by atoms with Gasteiger partial charge in [-0.2, -0.15) is 0 Å². The second kappa shape index (κ2) is 8.41. The average molecular weight is 431 g/mol. The molecule has 5 rings (SSSR count). The Morgan fingerprint density at radius 3 is 2.88 bits per heavy atom. The van der Waals surface area contributed by atoms with Crippen LogP contribution >= 0.6 is 0 Å². The topological polar surface area (TPSA) is 113 Å². The number of benzene rings is 1. The van der Waals surface area contributed by atoms with Crippen molar-refractivity contribution in [2.75, 3.05) is 12.4 Å². The molecule has 3 heterocycles. The highest BCUT2D eigenvalue weighted by Crippen LogP contribution is 2.39. The van der Waals surface area contributed by atoms with E-state index in [9.17, 15) is 4.79 Å². The number of amides is 1. The average Bonchev–Trinajstić information content (AvgIpc) is 3.47. The fourth-order valence-electron chi connectivity index (χ4n) is 3.93. The van der Waals surface area contributed by atoms with Crippen molar-refractivity contribution in [2.24, 2.45) is 0 Å². The molecule has 0 saturated heterocycles. The number of aromatic amines is 1. The van der Waals surface area contributed by atoms with E-state index in [1.165, 1.54) is 0 Å². The Labute approximate surface area is 185 Å². The number of carbonyl (C=O) groups is 1. The molecule has 164 valence electrons. The molecule has 1 aliphatic carbocycles. The van der Waals surface area contributed by atoms with Crippen LogP contribution in [0.2, 0.25) is 0 Å². The lowest BCUT2D eigenvalue weighted by atomic mass is 10.0. The van der Waals surface area contributed by atoms with Gasteiger partial charge in [0.05, 0.1) is 17.4 Å². The molecule has 1 fully saturated rings. The van der Waals surface area contributed by atoms with Crippen LogP contribution in [0, 0.1) is 6.92 Å². The molecule has 9 heteroatoms. The zero-order valence-electron chi connectivity index (χ0n) is 18.2. The number of aromatic nitrogens is 6. The summed E-state index contributed by atoms with van der Waals surface area (Å²) in [4.78, 5) is 25.7. The molecule has 9 nitrogen and oxygen atoms in total. The lowest BCUT2D eigenvalue weighted by Crippen LogP contribution is -2.33. The largest absolute Gasteiger partial charge is 0.373 e. The van der Waals surface area contributed by atoms with E-state index < -0.39 is 0 Å². The molecule has 0 aliphatic heterocycles. The number of fused-ring (bicyclic) bond motifs is 1. The van der Waals surface area contributed by atoms with Crippen LogP contribution in [0.4, 0.5) is 5.82 Å². The first-order chi connectivity index (χ1) is 15.6. The minimum atomic E-state index is -0.307. The first kappa shape index (κ1) is 20.2. The molecule has 3 N–H and O–H groups in total. The first-order valence-corrected chi connectivity index (χ1v) is 10.9. The molecule has 1 aliphatic rings. The van der Waals surface area contributed by atoms with Crippen LogP contribution < -0.4 is 10.6 Å². The predicted octanol–water partition coefficient (Wildman–Crippen LogP) is 2.88. The maximum atomic E-state index is 12.9. The van der Waals surface area contributed by atoms with Crippen LogP contribution in [0.5, 0.6) is 0 Å². The van der Waals surface area contributed by atoms with Crippen molar-refractivity contribution in [2.45, 2.75) is 44.7 Å². The Morgan fingerprint density at radius 2 is 2.12 bits per heavy atom. The van der Waals surface area contributed by atoms with Crippen LogP contribution in [0.25, 0.3) is 10.9 Å². The van der Waals surface area contributed by atoms with Crippen molar-refractivity contribution in [1.29, 1.82) is 0 Å². The second-order valence-electron chi connectivity index (χ2n) is 8.30. The monoisotopic (exact) mass is 430 g/mol. The van der Waals surface area contributed by atoms with Gasteiger partial charge in [-0.05, 0) is 31.4 Å². The number of nitrogens with zero attached hydrogens (tertiary/aromatic N) is 5. The molecule has 1 aromatic carbocycles. The highest BCUT2D eigenvalue weighted by atomic mass is 16.2. The zero-order chi connectivity index (χ0) is 22.1. The number of H-pyrrole nitrogens is 1. The van der Waals surface area contributed by atoms with Crippen LogP contribution in [-0.4, -0.2) is 42.9 Å². The molecule has 0 unspecified atom stereocenters. The van der Waals surface area contributed by atoms with Crippen LogP contribution in [0.15, 0.2) is 42.7 Å². The smallest absolute Gasteiger partial charge is 0.242 e. The zero-order valence-corrected chi connectivity index (χ0v) is 18.2. The molecule has 0 spiro atoms. The summed E-state index contributed by atoms with van der Waals surface area (Å²) >= 11 is 0. The predicted molar refractivity (Wildman–Crippen MR) is 121 cm³/mol. The summed E-state index contributed by atoms with van der Waals surface area (Å²) in [6.45, 7) is 1.95. The minimum absolute atomic E-state index is 0.102. The van der Waals surface area contributed by atoms with Gasteiger partial charge in [0, 0.05) is 48.7 Å². The fourth-order valence-corrected chi connectivity index (χ4v) is 3.93. The highest BCUT2D eigenvalue weighted by Gasteiger charge is 2.29. The van der Waals surface area contributed by atoms with Crippen molar-refractivity contribution in [1.82, 2.24) is 35.3 Å². The van der Waals surface area contributed by atoms with Gasteiger partial charge in [-0.25, -0.2) is 14.6 Å². The molecule has 32 heavy (non-hydrogen) atoms. The third-order valence-corrected chi connectivity index (χ3v) is 5.71. The van der Waals surface area contributed by atoms with Crippen molar-refractivity contribution < 1.29 is 4.79 Å². The highest BCUT2D eigenvalue weighted by molar-refractivity contribution is 5.83. The van der Waals surface area contributed by atoms with Crippen LogP contribution in [0.1, 0.15) is 47.6 Å². The first-order valence-electron chi connectivity index (χ1n) is 10.9.